The summed E-state index contributed by atoms with van der Waals surface area (Å²) in [5, 5.41) is 3.39. The standard InChI is InChI=1S/C13H20FN/c1-3-7-12(15-4-2)10-11-8-5-6-9-13(11)14/h5-6,8-9,12,15H,3-4,7,10H2,1-2H3. The van der Waals surface area contributed by atoms with E-state index >= 15 is 0 Å². The van der Waals surface area contributed by atoms with Crippen molar-refractivity contribution in [1.29, 1.82) is 0 Å². The molecule has 1 nitrogen and oxygen atoms in total. The van der Waals surface area contributed by atoms with Crippen molar-refractivity contribution in [3.63, 3.8) is 0 Å². The number of hydrogen-bond acceptors (Lipinski definition) is 1. The third kappa shape index (κ3) is 4.00. The first kappa shape index (κ1) is 12.2. The molecule has 1 rings (SSSR count). The minimum atomic E-state index is -0.0866. The van der Waals surface area contributed by atoms with E-state index in [0.717, 1.165) is 31.4 Å². The summed E-state index contributed by atoms with van der Waals surface area (Å²) in [6, 6.07) is 7.44. The summed E-state index contributed by atoms with van der Waals surface area (Å²) in [7, 11) is 0. The van der Waals surface area contributed by atoms with E-state index in [4.69, 9.17) is 0 Å². The summed E-state index contributed by atoms with van der Waals surface area (Å²) in [6.07, 6.45) is 3.02. The fourth-order valence-corrected chi connectivity index (χ4v) is 1.84. The molecule has 0 amide bonds. The Bertz CT molecular complexity index is 280. The predicted molar refractivity (Wildman–Crippen MR) is 62.5 cm³/mol. The highest BCUT2D eigenvalue weighted by molar-refractivity contribution is 5.18. The summed E-state index contributed by atoms with van der Waals surface area (Å²) < 4.78 is 13.4. The van der Waals surface area contributed by atoms with Crippen molar-refractivity contribution in [3.05, 3.63) is 35.6 Å². The molecule has 1 aromatic rings. The van der Waals surface area contributed by atoms with Crippen LogP contribution >= 0.6 is 0 Å². The molecule has 0 aromatic heterocycles. The van der Waals surface area contributed by atoms with Crippen molar-refractivity contribution < 1.29 is 4.39 Å². The van der Waals surface area contributed by atoms with Gasteiger partial charge in [-0.15, -0.1) is 0 Å². The molecule has 0 aliphatic carbocycles. The SMILES string of the molecule is CCCC(Cc1ccccc1F)NCC. The van der Waals surface area contributed by atoms with Crippen LogP contribution in [0, 0.1) is 5.82 Å². The molecule has 0 saturated carbocycles. The summed E-state index contributed by atoms with van der Waals surface area (Å²) >= 11 is 0. The Morgan fingerprint density at radius 3 is 2.60 bits per heavy atom. The van der Waals surface area contributed by atoms with Crippen LogP contribution < -0.4 is 5.32 Å². The van der Waals surface area contributed by atoms with Gasteiger partial charge in [0.05, 0.1) is 0 Å². The maximum atomic E-state index is 13.4. The lowest BCUT2D eigenvalue weighted by molar-refractivity contribution is 0.475. The number of nitrogens with one attached hydrogen (secondary N) is 1. The first-order chi connectivity index (χ1) is 7.27. The molecule has 0 aliphatic heterocycles. The van der Waals surface area contributed by atoms with E-state index in [0.29, 0.717) is 6.04 Å². The second kappa shape index (κ2) is 6.57. The summed E-state index contributed by atoms with van der Waals surface area (Å²) in [6.45, 7) is 5.19. The number of hydrogen-bond donors (Lipinski definition) is 1. The molecule has 0 radical (unpaired) electrons. The van der Waals surface area contributed by atoms with Crippen LogP contribution in [-0.4, -0.2) is 12.6 Å². The molecule has 2 heteroatoms. The van der Waals surface area contributed by atoms with Gasteiger partial charge in [0, 0.05) is 6.04 Å². The highest BCUT2D eigenvalue weighted by atomic mass is 19.1. The van der Waals surface area contributed by atoms with Crippen molar-refractivity contribution >= 4 is 0 Å². The van der Waals surface area contributed by atoms with Crippen LogP contribution in [0.3, 0.4) is 0 Å². The van der Waals surface area contributed by atoms with Crippen LogP contribution in [0.15, 0.2) is 24.3 Å². The van der Waals surface area contributed by atoms with E-state index < -0.39 is 0 Å². The molecule has 1 N–H and O–H groups in total. The van der Waals surface area contributed by atoms with Gasteiger partial charge in [0.2, 0.25) is 0 Å². The average Bonchev–Trinajstić information content (AvgIpc) is 2.22. The van der Waals surface area contributed by atoms with E-state index in [9.17, 15) is 4.39 Å². The highest BCUT2D eigenvalue weighted by Gasteiger charge is 2.09. The van der Waals surface area contributed by atoms with Gasteiger partial charge in [-0.1, -0.05) is 38.5 Å². The predicted octanol–water partition coefficient (Wildman–Crippen LogP) is 3.15. The number of halogens is 1. The molecule has 1 unspecified atom stereocenters. The van der Waals surface area contributed by atoms with Crippen LogP contribution in [0.2, 0.25) is 0 Å². The van der Waals surface area contributed by atoms with Crippen molar-refractivity contribution in [2.75, 3.05) is 6.54 Å². The van der Waals surface area contributed by atoms with Gasteiger partial charge in [-0.05, 0) is 31.0 Å². The van der Waals surface area contributed by atoms with Crippen molar-refractivity contribution in [2.45, 2.75) is 39.2 Å². The number of likely N-dealkylation sites (N-methyl/N-ethyl adjacent to an activating group) is 1. The Kier molecular flexibility index (Phi) is 5.33. The molecule has 0 bridgehead atoms. The second-order valence-electron chi connectivity index (χ2n) is 3.84. The van der Waals surface area contributed by atoms with Gasteiger partial charge in [0.1, 0.15) is 5.82 Å². The lowest BCUT2D eigenvalue weighted by Crippen LogP contribution is -2.31. The van der Waals surface area contributed by atoms with E-state index in [1.165, 1.54) is 6.07 Å². The molecule has 84 valence electrons. The Labute approximate surface area is 91.7 Å². The summed E-state index contributed by atoms with van der Waals surface area (Å²) in [4.78, 5) is 0. The minimum absolute atomic E-state index is 0.0866. The molecular weight excluding hydrogens is 189 g/mol. The minimum Gasteiger partial charge on any atom is -0.314 e. The fraction of sp³-hybridized carbons (Fsp3) is 0.538. The zero-order chi connectivity index (χ0) is 11.1. The van der Waals surface area contributed by atoms with Gasteiger partial charge >= 0.3 is 0 Å². The quantitative estimate of drug-likeness (QED) is 0.759. The van der Waals surface area contributed by atoms with Crippen LogP contribution in [0.5, 0.6) is 0 Å². The molecule has 15 heavy (non-hydrogen) atoms. The topological polar surface area (TPSA) is 12.0 Å². The maximum Gasteiger partial charge on any atom is 0.126 e. The van der Waals surface area contributed by atoms with Gasteiger partial charge < -0.3 is 5.32 Å². The molecule has 0 fully saturated rings. The van der Waals surface area contributed by atoms with Gasteiger partial charge in [-0.25, -0.2) is 4.39 Å². The monoisotopic (exact) mass is 209 g/mol. The smallest absolute Gasteiger partial charge is 0.126 e. The third-order valence-electron chi connectivity index (χ3n) is 2.55. The fourth-order valence-electron chi connectivity index (χ4n) is 1.84. The van der Waals surface area contributed by atoms with E-state index in [-0.39, 0.29) is 5.82 Å². The highest BCUT2D eigenvalue weighted by Crippen LogP contribution is 2.11. The van der Waals surface area contributed by atoms with E-state index in [1.54, 1.807) is 6.07 Å². The molecule has 1 aromatic carbocycles. The van der Waals surface area contributed by atoms with Crippen LogP contribution in [-0.2, 0) is 6.42 Å². The van der Waals surface area contributed by atoms with E-state index in [1.807, 2.05) is 12.1 Å². The molecule has 0 saturated heterocycles. The Balaban J connectivity index is 2.60. The van der Waals surface area contributed by atoms with E-state index in [2.05, 4.69) is 19.2 Å². The number of rotatable bonds is 6. The maximum absolute atomic E-state index is 13.4. The second-order valence-corrected chi connectivity index (χ2v) is 3.84. The zero-order valence-electron chi connectivity index (χ0n) is 9.59. The van der Waals surface area contributed by atoms with Crippen molar-refractivity contribution in [1.82, 2.24) is 5.32 Å². The largest absolute Gasteiger partial charge is 0.314 e. The van der Waals surface area contributed by atoms with Crippen LogP contribution in [0.25, 0.3) is 0 Å². The van der Waals surface area contributed by atoms with Crippen molar-refractivity contribution in [2.24, 2.45) is 0 Å². The average molecular weight is 209 g/mol. The first-order valence-corrected chi connectivity index (χ1v) is 5.74. The molecule has 0 heterocycles. The molecule has 0 spiro atoms. The molecular formula is C13H20FN. The Morgan fingerprint density at radius 2 is 2.00 bits per heavy atom. The lowest BCUT2D eigenvalue weighted by Gasteiger charge is -2.17. The van der Waals surface area contributed by atoms with Crippen molar-refractivity contribution in [3.8, 4) is 0 Å². The first-order valence-electron chi connectivity index (χ1n) is 5.74. The molecule has 1 atom stereocenters. The van der Waals surface area contributed by atoms with Crippen LogP contribution in [0.1, 0.15) is 32.3 Å². The van der Waals surface area contributed by atoms with Crippen LogP contribution in [0.4, 0.5) is 4.39 Å². The van der Waals surface area contributed by atoms with Gasteiger partial charge in [-0.2, -0.15) is 0 Å². The Hall–Kier alpha value is -0.890. The number of benzene rings is 1. The molecule has 0 aliphatic rings. The lowest BCUT2D eigenvalue weighted by atomic mass is 10.0. The normalized spacial score (nSPS) is 12.7. The van der Waals surface area contributed by atoms with Gasteiger partial charge in [0.15, 0.2) is 0 Å². The third-order valence-corrected chi connectivity index (χ3v) is 2.55. The Morgan fingerprint density at radius 1 is 1.27 bits per heavy atom. The van der Waals surface area contributed by atoms with Gasteiger partial charge in [0.25, 0.3) is 0 Å². The zero-order valence-corrected chi connectivity index (χ0v) is 9.59. The summed E-state index contributed by atoms with van der Waals surface area (Å²) in [5.74, 6) is -0.0866. The summed E-state index contributed by atoms with van der Waals surface area (Å²) in [5.41, 5.74) is 0.817. The van der Waals surface area contributed by atoms with Gasteiger partial charge in [-0.3, -0.25) is 0 Å².